The molecule has 4 heterocycles. The molecule has 1 unspecified atom stereocenters. The normalized spacial score (nSPS) is 18.9. The van der Waals surface area contributed by atoms with Crippen molar-refractivity contribution in [1.82, 2.24) is 10.3 Å². The molecule has 1 aromatic carbocycles. The van der Waals surface area contributed by atoms with Gasteiger partial charge < -0.3 is 15.1 Å². The standard InChI is InChI=1S/C24H23ClN4O3S/c25-21-9-8-19-18(27-21)12-20(33-19)24(32)26-13-15-11-23(31)29(14-15)17-6-4-16(5-7-17)28-10-2-1-3-22(28)30/h4-9,12,15H,1-3,10-11,13-14H2,(H,26,32). The van der Waals surface area contributed by atoms with E-state index in [1.54, 1.807) is 17.0 Å². The Morgan fingerprint density at radius 2 is 1.82 bits per heavy atom. The van der Waals surface area contributed by atoms with Crippen LogP contribution in [0.5, 0.6) is 0 Å². The van der Waals surface area contributed by atoms with Crippen LogP contribution in [0.1, 0.15) is 35.4 Å². The molecule has 5 rings (SSSR count). The Morgan fingerprint density at radius 3 is 2.58 bits per heavy atom. The number of rotatable bonds is 5. The summed E-state index contributed by atoms with van der Waals surface area (Å²) < 4.78 is 0.904. The first kappa shape index (κ1) is 21.9. The lowest BCUT2D eigenvalue weighted by Gasteiger charge is -2.27. The van der Waals surface area contributed by atoms with Gasteiger partial charge in [0.1, 0.15) is 5.15 Å². The molecule has 170 valence electrons. The minimum absolute atomic E-state index is 0.0340. The lowest BCUT2D eigenvalue weighted by molar-refractivity contribution is -0.119. The number of thiophene rings is 1. The van der Waals surface area contributed by atoms with Crippen LogP contribution in [0, 0.1) is 5.92 Å². The van der Waals surface area contributed by atoms with E-state index in [4.69, 9.17) is 11.6 Å². The van der Waals surface area contributed by atoms with Crippen LogP contribution in [0.15, 0.2) is 42.5 Å². The van der Waals surface area contributed by atoms with Gasteiger partial charge in [-0.3, -0.25) is 14.4 Å². The van der Waals surface area contributed by atoms with Gasteiger partial charge in [0.25, 0.3) is 5.91 Å². The van der Waals surface area contributed by atoms with E-state index in [2.05, 4.69) is 10.3 Å². The number of hydrogen-bond acceptors (Lipinski definition) is 5. The molecule has 2 fully saturated rings. The van der Waals surface area contributed by atoms with E-state index in [1.807, 2.05) is 35.2 Å². The molecule has 3 aromatic rings. The third-order valence-corrected chi connectivity index (χ3v) is 7.42. The van der Waals surface area contributed by atoms with Crippen molar-refractivity contribution in [3.8, 4) is 0 Å². The summed E-state index contributed by atoms with van der Waals surface area (Å²) in [7, 11) is 0. The minimum atomic E-state index is -0.171. The van der Waals surface area contributed by atoms with Crippen molar-refractivity contribution in [3.05, 3.63) is 52.5 Å². The molecule has 0 radical (unpaired) electrons. The predicted molar refractivity (Wildman–Crippen MR) is 130 cm³/mol. The maximum absolute atomic E-state index is 12.6. The largest absolute Gasteiger partial charge is 0.351 e. The molecule has 33 heavy (non-hydrogen) atoms. The SMILES string of the molecule is O=C(NCC1CC(=O)N(c2ccc(N3CCCCC3=O)cc2)C1)c1cc2nc(Cl)ccc2s1. The van der Waals surface area contributed by atoms with Crippen molar-refractivity contribution in [1.29, 1.82) is 0 Å². The monoisotopic (exact) mass is 482 g/mol. The number of carbonyl (C=O) groups is 3. The zero-order chi connectivity index (χ0) is 22.9. The molecule has 1 N–H and O–H groups in total. The Morgan fingerprint density at radius 1 is 1.06 bits per heavy atom. The number of fused-ring (bicyclic) bond motifs is 1. The van der Waals surface area contributed by atoms with Crippen molar-refractivity contribution in [3.63, 3.8) is 0 Å². The van der Waals surface area contributed by atoms with E-state index in [9.17, 15) is 14.4 Å². The first-order valence-electron chi connectivity index (χ1n) is 11.0. The predicted octanol–water partition coefficient (Wildman–Crippen LogP) is 4.25. The highest BCUT2D eigenvalue weighted by Gasteiger charge is 2.31. The molecule has 2 saturated heterocycles. The van der Waals surface area contributed by atoms with Crippen LogP contribution in [-0.4, -0.2) is 42.3 Å². The smallest absolute Gasteiger partial charge is 0.261 e. The van der Waals surface area contributed by atoms with E-state index >= 15 is 0 Å². The summed E-state index contributed by atoms with van der Waals surface area (Å²) in [6.45, 7) is 1.71. The second kappa shape index (κ2) is 9.11. The maximum Gasteiger partial charge on any atom is 0.261 e. The molecule has 7 nitrogen and oxygen atoms in total. The lowest BCUT2D eigenvalue weighted by Crippen LogP contribution is -2.35. The number of nitrogens with one attached hydrogen (secondary N) is 1. The van der Waals surface area contributed by atoms with E-state index in [-0.39, 0.29) is 23.6 Å². The van der Waals surface area contributed by atoms with Crippen LogP contribution in [0.2, 0.25) is 5.15 Å². The van der Waals surface area contributed by atoms with Crippen LogP contribution in [-0.2, 0) is 9.59 Å². The molecule has 0 spiro atoms. The molecule has 2 aliphatic rings. The number of anilines is 2. The Balaban J connectivity index is 1.19. The van der Waals surface area contributed by atoms with E-state index < -0.39 is 0 Å². The van der Waals surface area contributed by atoms with Gasteiger partial charge in [-0.15, -0.1) is 11.3 Å². The second-order valence-corrected chi connectivity index (χ2v) is 9.90. The Hall–Kier alpha value is -2.97. The molecule has 0 bridgehead atoms. The first-order valence-corrected chi connectivity index (χ1v) is 12.2. The molecular formula is C24H23ClN4O3S. The van der Waals surface area contributed by atoms with Gasteiger partial charge in [-0.2, -0.15) is 0 Å². The Kier molecular flexibility index (Phi) is 6.03. The quantitative estimate of drug-likeness (QED) is 0.551. The highest BCUT2D eigenvalue weighted by Crippen LogP contribution is 2.29. The van der Waals surface area contributed by atoms with Gasteiger partial charge in [0.2, 0.25) is 11.8 Å². The maximum atomic E-state index is 12.6. The highest BCUT2D eigenvalue weighted by molar-refractivity contribution is 7.20. The number of benzene rings is 1. The number of aromatic nitrogens is 1. The fourth-order valence-corrected chi connectivity index (χ4v) is 5.47. The van der Waals surface area contributed by atoms with Gasteiger partial charge in [0, 0.05) is 49.8 Å². The van der Waals surface area contributed by atoms with E-state index in [1.165, 1.54) is 11.3 Å². The second-order valence-electron chi connectivity index (χ2n) is 8.43. The van der Waals surface area contributed by atoms with Crippen molar-refractivity contribution >= 4 is 62.3 Å². The fourth-order valence-electron chi connectivity index (χ4n) is 4.39. The molecule has 0 saturated carbocycles. The van der Waals surface area contributed by atoms with Crippen LogP contribution < -0.4 is 15.1 Å². The van der Waals surface area contributed by atoms with Crippen LogP contribution in [0.3, 0.4) is 0 Å². The minimum Gasteiger partial charge on any atom is -0.351 e. The van der Waals surface area contributed by atoms with Crippen LogP contribution in [0.4, 0.5) is 11.4 Å². The van der Waals surface area contributed by atoms with Crippen molar-refractivity contribution in [2.75, 3.05) is 29.4 Å². The highest BCUT2D eigenvalue weighted by atomic mass is 35.5. The lowest BCUT2D eigenvalue weighted by atomic mass is 10.1. The van der Waals surface area contributed by atoms with Crippen LogP contribution >= 0.6 is 22.9 Å². The third-order valence-electron chi connectivity index (χ3n) is 6.12. The van der Waals surface area contributed by atoms with Gasteiger partial charge in [0.05, 0.1) is 15.1 Å². The number of hydrogen-bond donors (Lipinski definition) is 1. The van der Waals surface area contributed by atoms with Crippen molar-refractivity contribution in [2.24, 2.45) is 5.92 Å². The van der Waals surface area contributed by atoms with Gasteiger partial charge in [-0.05, 0) is 55.3 Å². The average molecular weight is 483 g/mol. The van der Waals surface area contributed by atoms with Gasteiger partial charge >= 0.3 is 0 Å². The Bertz CT molecular complexity index is 1230. The summed E-state index contributed by atoms with van der Waals surface area (Å²) in [5.74, 6) is 0.0543. The molecule has 3 amide bonds. The first-order chi connectivity index (χ1) is 16.0. The molecule has 0 aliphatic carbocycles. The molecule has 1 atom stereocenters. The van der Waals surface area contributed by atoms with E-state index in [0.29, 0.717) is 41.5 Å². The fraction of sp³-hybridized carbons (Fsp3) is 0.333. The molecular weight excluding hydrogens is 460 g/mol. The molecule has 2 aliphatic heterocycles. The van der Waals surface area contributed by atoms with Gasteiger partial charge in [-0.25, -0.2) is 4.98 Å². The summed E-state index contributed by atoms with van der Waals surface area (Å²) >= 11 is 7.30. The number of piperidine rings is 1. The number of amides is 3. The zero-order valence-electron chi connectivity index (χ0n) is 17.9. The summed E-state index contributed by atoms with van der Waals surface area (Å²) in [5, 5.41) is 3.35. The van der Waals surface area contributed by atoms with Gasteiger partial charge in [0.15, 0.2) is 0 Å². The number of nitrogens with zero attached hydrogens (tertiary/aromatic N) is 3. The molecule has 9 heteroatoms. The Labute approximate surface area is 200 Å². The average Bonchev–Trinajstić information content (AvgIpc) is 3.41. The number of halogens is 1. The van der Waals surface area contributed by atoms with Gasteiger partial charge in [-0.1, -0.05) is 11.6 Å². The molecule has 2 aromatic heterocycles. The van der Waals surface area contributed by atoms with Crippen LogP contribution in [0.25, 0.3) is 10.2 Å². The topological polar surface area (TPSA) is 82.6 Å². The van der Waals surface area contributed by atoms with Crippen molar-refractivity contribution < 1.29 is 14.4 Å². The summed E-state index contributed by atoms with van der Waals surface area (Å²) in [6, 6.07) is 12.9. The summed E-state index contributed by atoms with van der Waals surface area (Å²) in [6.07, 6.45) is 2.93. The number of pyridine rings is 1. The zero-order valence-corrected chi connectivity index (χ0v) is 19.5. The third kappa shape index (κ3) is 4.58. The van der Waals surface area contributed by atoms with E-state index in [0.717, 1.165) is 35.5 Å². The van der Waals surface area contributed by atoms with Crippen molar-refractivity contribution in [2.45, 2.75) is 25.7 Å². The summed E-state index contributed by atoms with van der Waals surface area (Å²) in [4.78, 5) is 45.7. The summed E-state index contributed by atoms with van der Waals surface area (Å²) in [5.41, 5.74) is 2.39. The number of carbonyl (C=O) groups excluding carboxylic acids is 3.